The molecule has 2 aromatic rings. The first-order valence-electron chi connectivity index (χ1n) is 9.28. The molecule has 0 unspecified atom stereocenters. The number of carbonyl (C=O) groups excluding carboxylic acids is 1. The number of rotatable bonds is 7. The number of ether oxygens (including phenoxy) is 2. The van der Waals surface area contributed by atoms with E-state index in [9.17, 15) is 4.79 Å². The van der Waals surface area contributed by atoms with Gasteiger partial charge in [0.05, 0.1) is 18.6 Å². The summed E-state index contributed by atoms with van der Waals surface area (Å²) < 4.78 is 11.2. The van der Waals surface area contributed by atoms with Gasteiger partial charge in [-0.25, -0.2) is 0 Å². The van der Waals surface area contributed by atoms with Crippen molar-refractivity contribution in [3.05, 3.63) is 60.2 Å². The number of hydrogen-bond acceptors (Lipinski definition) is 3. The van der Waals surface area contributed by atoms with Crippen LogP contribution in [0.1, 0.15) is 38.2 Å². The predicted octanol–water partition coefficient (Wildman–Crippen LogP) is 4.09. The lowest BCUT2D eigenvalue weighted by Crippen LogP contribution is -2.47. The largest absolute Gasteiger partial charge is 0.493 e. The number of benzene rings is 2. The minimum atomic E-state index is -0.403. The van der Waals surface area contributed by atoms with Crippen LogP contribution in [0.5, 0.6) is 11.5 Å². The highest BCUT2D eigenvalue weighted by Gasteiger charge is 2.42. The monoisotopic (exact) mass is 353 g/mol. The lowest BCUT2D eigenvalue weighted by Gasteiger charge is -2.30. The van der Waals surface area contributed by atoms with Crippen molar-refractivity contribution in [1.29, 1.82) is 0 Å². The standard InChI is InChI=1S/C22H27NO3/c1-17(16-26-20-13-7-6-12-19(20)25-2)23-21(24)22(14-8-9-15-22)18-10-4-3-5-11-18/h3-7,10-13,17H,8-9,14-16H2,1-2H3,(H,23,24)/t17-/m1/s1. The highest BCUT2D eigenvalue weighted by Crippen LogP contribution is 2.41. The molecule has 1 aliphatic carbocycles. The number of para-hydroxylation sites is 2. The average molecular weight is 353 g/mol. The molecule has 0 heterocycles. The molecule has 0 aromatic heterocycles. The Balaban J connectivity index is 1.64. The van der Waals surface area contributed by atoms with E-state index >= 15 is 0 Å². The Morgan fingerprint density at radius 2 is 1.65 bits per heavy atom. The Labute approximate surface area is 155 Å². The van der Waals surface area contributed by atoms with Crippen LogP contribution in [0.4, 0.5) is 0 Å². The second-order valence-electron chi connectivity index (χ2n) is 6.99. The van der Waals surface area contributed by atoms with Gasteiger partial charge in [-0.15, -0.1) is 0 Å². The Bertz CT molecular complexity index is 723. The van der Waals surface area contributed by atoms with Crippen LogP contribution in [0.3, 0.4) is 0 Å². The summed E-state index contributed by atoms with van der Waals surface area (Å²) in [5.74, 6) is 1.50. The molecular weight excluding hydrogens is 326 g/mol. The van der Waals surface area contributed by atoms with E-state index in [2.05, 4.69) is 17.4 Å². The van der Waals surface area contributed by atoms with Crippen molar-refractivity contribution in [3.63, 3.8) is 0 Å². The van der Waals surface area contributed by atoms with Crippen LogP contribution in [0.2, 0.25) is 0 Å². The van der Waals surface area contributed by atoms with Gasteiger partial charge in [0.1, 0.15) is 6.61 Å². The maximum absolute atomic E-state index is 13.1. The second kappa shape index (κ2) is 8.26. The summed E-state index contributed by atoms with van der Waals surface area (Å²) >= 11 is 0. The first-order chi connectivity index (χ1) is 12.7. The molecule has 3 rings (SSSR count). The van der Waals surface area contributed by atoms with E-state index in [1.54, 1.807) is 7.11 Å². The summed E-state index contributed by atoms with van der Waals surface area (Å²) in [5.41, 5.74) is 0.716. The highest BCUT2D eigenvalue weighted by atomic mass is 16.5. The topological polar surface area (TPSA) is 47.6 Å². The molecule has 1 N–H and O–H groups in total. The Morgan fingerprint density at radius 1 is 1.04 bits per heavy atom. The summed E-state index contributed by atoms with van der Waals surface area (Å²) in [4.78, 5) is 13.1. The number of hydrogen-bond donors (Lipinski definition) is 1. The molecule has 0 radical (unpaired) electrons. The van der Waals surface area contributed by atoms with Crippen LogP contribution in [-0.2, 0) is 10.2 Å². The van der Waals surface area contributed by atoms with Crippen LogP contribution in [0.15, 0.2) is 54.6 Å². The van der Waals surface area contributed by atoms with Crippen molar-refractivity contribution in [1.82, 2.24) is 5.32 Å². The van der Waals surface area contributed by atoms with Gasteiger partial charge in [-0.05, 0) is 37.5 Å². The van der Waals surface area contributed by atoms with Gasteiger partial charge in [-0.3, -0.25) is 4.79 Å². The van der Waals surface area contributed by atoms with Crippen LogP contribution >= 0.6 is 0 Å². The van der Waals surface area contributed by atoms with Crippen molar-refractivity contribution in [2.45, 2.75) is 44.1 Å². The SMILES string of the molecule is COc1ccccc1OC[C@@H](C)NC(=O)C1(c2ccccc2)CCCC1. The minimum Gasteiger partial charge on any atom is -0.493 e. The average Bonchev–Trinajstić information content (AvgIpc) is 3.18. The van der Waals surface area contributed by atoms with Gasteiger partial charge in [-0.1, -0.05) is 55.3 Å². The first-order valence-corrected chi connectivity index (χ1v) is 9.28. The molecule has 0 saturated heterocycles. The number of methoxy groups -OCH3 is 1. The van der Waals surface area contributed by atoms with Gasteiger partial charge in [0.2, 0.25) is 5.91 Å². The van der Waals surface area contributed by atoms with Crippen molar-refractivity contribution < 1.29 is 14.3 Å². The molecule has 1 fully saturated rings. The van der Waals surface area contributed by atoms with Crippen LogP contribution in [-0.4, -0.2) is 25.7 Å². The molecule has 4 heteroatoms. The summed E-state index contributed by atoms with van der Waals surface area (Å²) in [6.45, 7) is 2.37. The normalized spacial score (nSPS) is 16.7. The van der Waals surface area contributed by atoms with E-state index in [0.29, 0.717) is 18.1 Å². The number of amides is 1. The van der Waals surface area contributed by atoms with Gasteiger partial charge >= 0.3 is 0 Å². The van der Waals surface area contributed by atoms with E-state index in [0.717, 1.165) is 31.2 Å². The van der Waals surface area contributed by atoms with Crippen LogP contribution < -0.4 is 14.8 Å². The van der Waals surface area contributed by atoms with Crippen molar-refractivity contribution in [2.24, 2.45) is 0 Å². The fourth-order valence-electron chi connectivity index (χ4n) is 3.74. The van der Waals surface area contributed by atoms with Gasteiger partial charge < -0.3 is 14.8 Å². The van der Waals surface area contributed by atoms with Gasteiger partial charge in [-0.2, -0.15) is 0 Å². The molecule has 1 aliphatic rings. The third-order valence-electron chi connectivity index (χ3n) is 5.15. The molecule has 0 bridgehead atoms. The summed E-state index contributed by atoms with van der Waals surface area (Å²) in [7, 11) is 1.62. The van der Waals surface area contributed by atoms with E-state index in [1.807, 2.05) is 49.4 Å². The minimum absolute atomic E-state index is 0.0893. The van der Waals surface area contributed by atoms with E-state index < -0.39 is 5.41 Å². The lowest BCUT2D eigenvalue weighted by molar-refractivity contribution is -0.127. The third kappa shape index (κ3) is 3.85. The number of nitrogens with one attached hydrogen (secondary N) is 1. The zero-order valence-electron chi connectivity index (χ0n) is 15.5. The molecule has 26 heavy (non-hydrogen) atoms. The lowest BCUT2D eigenvalue weighted by atomic mass is 9.78. The van der Waals surface area contributed by atoms with Gasteiger partial charge in [0.25, 0.3) is 0 Å². The predicted molar refractivity (Wildman–Crippen MR) is 103 cm³/mol. The van der Waals surface area contributed by atoms with Gasteiger partial charge in [0, 0.05) is 0 Å². The molecule has 138 valence electrons. The molecule has 0 spiro atoms. The smallest absolute Gasteiger partial charge is 0.230 e. The van der Waals surface area contributed by atoms with Gasteiger partial charge in [0.15, 0.2) is 11.5 Å². The zero-order chi connectivity index (χ0) is 18.4. The Kier molecular flexibility index (Phi) is 5.82. The fourth-order valence-corrected chi connectivity index (χ4v) is 3.74. The van der Waals surface area contributed by atoms with Crippen molar-refractivity contribution >= 4 is 5.91 Å². The number of carbonyl (C=O) groups is 1. The quantitative estimate of drug-likeness (QED) is 0.815. The molecular formula is C22H27NO3. The van der Waals surface area contributed by atoms with E-state index in [1.165, 1.54) is 0 Å². The summed E-state index contributed by atoms with van der Waals surface area (Å²) in [5, 5.41) is 3.16. The first kappa shape index (κ1) is 18.3. The third-order valence-corrected chi connectivity index (χ3v) is 5.15. The summed E-state index contributed by atoms with van der Waals surface area (Å²) in [6.07, 6.45) is 3.99. The van der Waals surface area contributed by atoms with E-state index in [-0.39, 0.29) is 11.9 Å². The van der Waals surface area contributed by atoms with Crippen molar-refractivity contribution in [3.8, 4) is 11.5 Å². The molecule has 2 aromatic carbocycles. The van der Waals surface area contributed by atoms with E-state index in [4.69, 9.17) is 9.47 Å². The maximum atomic E-state index is 13.1. The zero-order valence-corrected chi connectivity index (χ0v) is 15.5. The summed E-state index contributed by atoms with van der Waals surface area (Å²) in [6, 6.07) is 17.6. The van der Waals surface area contributed by atoms with Crippen LogP contribution in [0, 0.1) is 0 Å². The van der Waals surface area contributed by atoms with Crippen LogP contribution in [0.25, 0.3) is 0 Å². The maximum Gasteiger partial charge on any atom is 0.230 e. The molecule has 1 atom stereocenters. The molecule has 1 amide bonds. The molecule has 0 aliphatic heterocycles. The van der Waals surface area contributed by atoms with Crippen molar-refractivity contribution in [2.75, 3.05) is 13.7 Å². The Morgan fingerprint density at radius 3 is 2.31 bits per heavy atom. The fraction of sp³-hybridized carbons (Fsp3) is 0.409. The second-order valence-corrected chi connectivity index (χ2v) is 6.99. The Hall–Kier alpha value is -2.49. The highest BCUT2D eigenvalue weighted by molar-refractivity contribution is 5.88. The molecule has 4 nitrogen and oxygen atoms in total. The molecule has 1 saturated carbocycles.